The van der Waals surface area contributed by atoms with Crippen LogP contribution in [0.4, 0.5) is 5.69 Å². The van der Waals surface area contributed by atoms with Crippen molar-refractivity contribution in [3.05, 3.63) is 29.3 Å². The first-order valence-electron chi connectivity index (χ1n) is 6.49. The number of likely N-dealkylation sites (N-methyl/N-ethyl adjacent to an activating group) is 1. The largest absolute Gasteiger partial charge is 0.343 e. The van der Waals surface area contributed by atoms with Crippen molar-refractivity contribution in [1.82, 2.24) is 4.90 Å². The third-order valence-electron chi connectivity index (χ3n) is 3.93. The lowest BCUT2D eigenvalue weighted by atomic mass is 10.1. The van der Waals surface area contributed by atoms with E-state index in [-0.39, 0.29) is 23.6 Å². The van der Waals surface area contributed by atoms with Gasteiger partial charge < -0.3 is 9.80 Å². The molecule has 20 heavy (non-hydrogen) atoms. The molecule has 1 aromatic carbocycles. The fourth-order valence-corrected chi connectivity index (χ4v) is 5.75. The summed E-state index contributed by atoms with van der Waals surface area (Å²) in [6, 6.07) is 7.23. The van der Waals surface area contributed by atoms with Gasteiger partial charge in [0.2, 0.25) is 0 Å². The van der Waals surface area contributed by atoms with Crippen LogP contribution in [0.25, 0.3) is 0 Å². The van der Waals surface area contributed by atoms with E-state index in [2.05, 4.69) is 0 Å². The molecule has 3 rings (SSSR count). The van der Waals surface area contributed by atoms with Gasteiger partial charge in [-0.1, -0.05) is 23.7 Å². The van der Waals surface area contributed by atoms with E-state index in [0.717, 1.165) is 5.69 Å². The van der Waals surface area contributed by atoms with Crippen molar-refractivity contribution in [2.24, 2.45) is 0 Å². The van der Waals surface area contributed by atoms with Crippen LogP contribution in [-0.2, 0) is 9.84 Å². The topological polar surface area (TPSA) is 40.6 Å². The van der Waals surface area contributed by atoms with Gasteiger partial charge >= 0.3 is 0 Å². The summed E-state index contributed by atoms with van der Waals surface area (Å²) in [6.45, 7) is 2.70. The number of hydrogen-bond acceptors (Lipinski definition) is 3. The van der Waals surface area contributed by atoms with Gasteiger partial charge in [-0.15, -0.1) is 0 Å². The number of sulfone groups is 1. The molecule has 4 nitrogen and oxygen atoms in total. The fourth-order valence-electron chi connectivity index (χ4n) is 3.08. The second-order valence-corrected chi connectivity index (χ2v) is 8.03. The van der Waals surface area contributed by atoms with Crippen molar-refractivity contribution in [3.63, 3.8) is 0 Å². The minimum Gasteiger partial charge on any atom is -0.343 e. The van der Waals surface area contributed by atoms with E-state index < -0.39 is 9.84 Å². The Kier molecular flexibility index (Phi) is 3.43. The van der Waals surface area contributed by atoms with Gasteiger partial charge in [0.05, 0.1) is 34.3 Å². The number of fused-ring (bicyclic) bond motifs is 1. The molecule has 2 aliphatic rings. The minimum atomic E-state index is -3.01. The van der Waals surface area contributed by atoms with Crippen LogP contribution in [0.5, 0.6) is 0 Å². The monoisotopic (exact) mass is 330 g/mol. The number of anilines is 1. The van der Waals surface area contributed by atoms with Crippen molar-refractivity contribution in [1.29, 1.82) is 0 Å². The van der Waals surface area contributed by atoms with Crippen molar-refractivity contribution in [3.8, 4) is 0 Å². The molecule has 2 unspecified atom stereocenters. The number of nitrogens with zero attached hydrogens (tertiary/aromatic N) is 2. The predicted molar refractivity (Wildman–Crippen MR) is 85.1 cm³/mol. The average Bonchev–Trinajstić information content (AvgIpc) is 2.80. The zero-order valence-electron chi connectivity index (χ0n) is 11.0. The molecule has 2 fully saturated rings. The van der Waals surface area contributed by atoms with E-state index in [4.69, 9.17) is 23.8 Å². The molecule has 2 atom stereocenters. The quantitative estimate of drug-likeness (QED) is 0.775. The van der Waals surface area contributed by atoms with E-state index in [9.17, 15) is 8.42 Å². The standard InChI is InChI=1S/C13H15ClN2O2S2/c1-2-15-11-7-20(17,18)8-12(11)16(13(15)19)10-6-4-3-5-9(10)14/h3-6,11-12H,2,7-8H2,1H3. The first-order chi connectivity index (χ1) is 9.44. The third kappa shape index (κ3) is 2.10. The lowest BCUT2D eigenvalue weighted by Crippen LogP contribution is -2.37. The van der Waals surface area contributed by atoms with E-state index >= 15 is 0 Å². The van der Waals surface area contributed by atoms with Gasteiger partial charge in [-0.2, -0.15) is 0 Å². The Balaban J connectivity index is 2.07. The molecule has 0 spiro atoms. The summed E-state index contributed by atoms with van der Waals surface area (Å²) in [5.74, 6) is 0.312. The van der Waals surface area contributed by atoms with Crippen LogP contribution in [0, 0.1) is 0 Å². The molecule has 2 aliphatic heterocycles. The molecule has 0 bridgehead atoms. The first kappa shape index (κ1) is 14.1. The molecule has 1 aromatic rings. The predicted octanol–water partition coefficient (Wildman–Crippen LogP) is 1.93. The highest BCUT2D eigenvalue weighted by molar-refractivity contribution is 7.91. The van der Waals surface area contributed by atoms with Crippen molar-refractivity contribution < 1.29 is 8.42 Å². The van der Waals surface area contributed by atoms with Crippen LogP contribution < -0.4 is 4.90 Å². The van der Waals surface area contributed by atoms with Crippen molar-refractivity contribution in [2.45, 2.75) is 19.0 Å². The molecule has 0 N–H and O–H groups in total. The second-order valence-electron chi connectivity index (χ2n) is 5.10. The Morgan fingerprint density at radius 1 is 1.30 bits per heavy atom. The molecular formula is C13H15ClN2O2S2. The maximum absolute atomic E-state index is 11.9. The molecule has 0 amide bonds. The number of para-hydroxylation sites is 1. The molecule has 2 heterocycles. The van der Waals surface area contributed by atoms with Crippen LogP contribution >= 0.6 is 23.8 Å². The van der Waals surface area contributed by atoms with Crippen LogP contribution in [0.15, 0.2) is 24.3 Å². The highest BCUT2D eigenvalue weighted by Crippen LogP contribution is 2.37. The number of halogens is 1. The number of hydrogen-bond donors (Lipinski definition) is 0. The van der Waals surface area contributed by atoms with Gasteiger partial charge in [-0.3, -0.25) is 0 Å². The number of rotatable bonds is 2. The second kappa shape index (κ2) is 4.86. The normalized spacial score (nSPS) is 28.0. The Morgan fingerprint density at radius 3 is 2.60 bits per heavy atom. The Morgan fingerprint density at radius 2 is 1.95 bits per heavy atom. The minimum absolute atomic E-state index is 0.0613. The summed E-state index contributed by atoms with van der Waals surface area (Å²) in [4.78, 5) is 3.91. The molecule has 0 radical (unpaired) electrons. The van der Waals surface area contributed by atoms with E-state index in [1.54, 1.807) is 6.07 Å². The van der Waals surface area contributed by atoms with Gasteiger partial charge in [-0.25, -0.2) is 8.42 Å². The number of thiocarbonyl (C=S) groups is 1. The molecule has 0 aromatic heterocycles. The van der Waals surface area contributed by atoms with Crippen molar-refractivity contribution in [2.75, 3.05) is 23.0 Å². The molecule has 2 saturated heterocycles. The summed E-state index contributed by atoms with van der Waals surface area (Å²) < 4.78 is 23.9. The fraction of sp³-hybridized carbons (Fsp3) is 0.462. The van der Waals surface area contributed by atoms with Crippen LogP contribution in [0.2, 0.25) is 5.02 Å². The van der Waals surface area contributed by atoms with Gasteiger partial charge in [0.25, 0.3) is 0 Å². The van der Waals surface area contributed by atoms with Gasteiger partial charge in [0.1, 0.15) is 0 Å². The Hall–Kier alpha value is -0.850. The van der Waals surface area contributed by atoms with Gasteiger partial charge in [-0.05, 0) is 31.3 Å². The maximum Gasteiger partial charge on any atom is 0.176 e. The summed E-state index contributed by atoms with van der Waals surface area (Å²) in [5.41, 5.74) is 0.794. The summed E-state index contributed by atoms with van der Waals surface area (Å²) in [6.07, 6.45) is 0. The lowest BCUT2D eigenvalue weighted by Gasteiger charge is -2.25. The van der Waals surface area contributed by atoms with Crippen LogP contribution in [-0.4, -0.2) is 48.6 Å². The third-order valence-corrected chi connectivity index (χ3v) is 6.38. The molecule has 108 valence electrons. The number of benzene rings is 1. The highest BCUT2D eigenvalue weighted by Gasteiger charge is 2.51. The zero-order valence-corrected chi connectivity index (χ0v) is 13.4. The highest BCUT2D eigenvalue weighted by atomic mass is 35.5. The SMILES string of the molecule is CCN1C(=S)N(c2ccccc2Cl)C2CS(=O)(=O)CC21. The van der Waals surface area contributed by atoms with Crippen molar-refractivity contribution >= 4 is 44.5 Å². The van der Waals surface area contributed by atoms with Gasteiger partial charge in [0.15, 0.2) is 14.9 Å². The van der Waals surface area contributed by atoms with E-state index in [0.29, 0.717) is 16.7 Å². The maximum atomic E-state index is 11.9. The van der Waals surface area contributed by atoms with E-state index in [1.807, 2.05) is 34.9 Å². The molecule has 0 aliphatic carbocycles. The molecular weight excluding hydrogens is 316 g/mol. The lowest BCUT2D eigenvalue weighted by molar-refractivity contribution is 0.373. The summed E-state index contributed by atoms with van der Waals surface area (Å²) in [7, 11) is -3.01. The van der Waals surface area contributed by atoms with Crippen LogP contribution in [0.3, 0.4) is 0 Å². The first-order valence-corrected chi connectivity index (χ1v) is 9.10. The summed E-state index contributed by atoms with van der Waals surface area (Å²) in [5, 5.41) is 1.27. The average molecular weight is 331 g/mol. The Labute approximate surface area is 129 Å². The smallest absolute Gasteiger partial charge is 0.176 e. The van der Waals surface area contributed by atoms with Gasteiger partial charge in [0, 0.05) is 6.54 Å². The zero-order chi connectivity index (χ0) is 14.5. The molecule has 7 heteroatoms. The van der Waals surface area contributed by atoms with E-state index in [1.165, 1.54) is 0 Å². The summed E-state index contributed by atoms with van der Waals surface area (Å²) >= 11 is 11.8. The Bertz CT molecular complexity index is 662. The molecule has 0 saturated carbocycles. The van der Waals surface area contributed by atoms with Crippen LogP contribution in [0.1, 0.15) is 6.92 Å².